The maximum atomic E-state index is 12.0. The number of carbonyl (C=O) groups excluding carboxylic acids is 1. The molecule has 0 bridgehead atoms. The van der Waals surface area contributed by atoms with Gasteiger partial charge in [-0.2, -0.15) is 0 Å². The third kappa shape index (κ3) is 15.2. The molecule has 0 amide bonds. The second-order valence-electron chi connectivity index (χ2n) is 7.78. The zero-order chi connectivity index (χ0) is 23.3. The van der Waals surface area contributed by atoms with E-state index in [0.29, 0.717) is 25.7 Å². The normalized spacial score (nSPS) is 19.7. The quantitative estimate of drug-likeness (QED) is 0.0842. The van der Waals surface area contributed by atoms with Crippen LogP contribution in [0.5, 0.6) is 0 Å². The molecule has 0 aromatic carbocycles. The Hall–Kier alpha value is -2.63. The zero-order valence-electron chi connectivity index (χ0n) is 19.4. The van der Waals surface area contributed by atoms with Gasteiger partial charge in [-0.15, -0.1) is 10.1 Å². The number of ether oxygens (including phenoxy) is 1. The minimum atomic E-state index is -0.793. The van der Waals surface area contributed by atoms with E-state index < -0.39 is 17.3 Å². The Morgan fingerprint density at radius 3 is 1.88 bits per heavy atom. The average molecular weight is 446 g/mol. The first kappa shape index (κ1) is 27.4. The summed E-state index contributed by atoms with van der Waals surface area (Å²) in [5, 5.41) is 9.77. The lowest BCUT2D eigenvalue weighted by Gasteiger charge is -2.29. The molecule has 1 saturated carbocycles. The van der Waals surface area contributed by atoms with Crippen LogP contribution < -0.4 is 0 Å². The predicted octanol–water partition coefficient (Wildman–Crippen LogP) is 6.97. The molecule has 2 unspecified atom stereocenters. The number of esters is 1. The Morgan fingerprint density at radius 2 is 1.34 bits per heavy atom. The Kier molecular flexibility index (Phi) is 16.3. The maximum absolute atomic E-state index is 12.0. The fourth-order valence-electron chi connectivity index (χ4n) is 3.39. The first-order valence-corrected chi connectivity index (χ1v) is 11.9. The highest BCUT2D eigenvalue weighted by Gasteiger charge is 2.31. The molecule has 0 aromatic heterocycles. The van der Waals surface area contributed by atoms with Gasteiger partial charge in [0.25, 0.3) is 5.09 Å². The minimum Gasteiger partial charge on any atom is -0.460 e. The number of carbonyl (C=O) groups is 1. The van der Waals surface area contributed by atoms with Crippen LogP contribution in [-0.2, 0) is 14.4 Å². The maximum Gasteiger partial charge on any atom is 0.306 e. The molecule has 1 fully saturated rings. The standard InChI is InChI=1S/C26H39NO5/c1-2-3-4-5-6-7-8-9-10-11-12-13-14-15-16-17-18-23-26(28)31-24-21-19-20-22-25(24)32-27(29)30/h3-4,6-7,9-10,12-13,15-16,24-25H,2,5,8,11,14,17-23H2,1H3/b4-3-,7-6-,10-9-,13-12-,16-15-. The number of unbranched alkanes of at least 4 members (excludes halogenated alkanes) is 1. The lowest BCUT2D eigenvalue weighted by molar-refractivity contribution is -0.771. The van der Waals surface area contributed by atoms with E-state index in [1.54, 1.807) is 0 Å². The van der Waals surface area contributed by atoms with Crippen LogP contribution in [0.2, 0.25) is 0 Å². The van der Waals surface area contributed by atoms with Gasteiger partial charge in [0.1, 0.15) is 12.2 Å². The summed E-state index contributed by atoms with van der Waals surface area (Å²) in [6, 6.07) is 0. The van der Waals surface area contributed by atoms with Crippen molar-refractivity contribution in [2.75, 3.05) is 0 Å². The Balaban J connectivity index is 2.06. The summed E-state index contributed by atoms with van der Waals surface area (Å²) in [4.78, 5) is 27.2. The number of hydrogen-bond donors (Lipinski definition) is 0. The third-order valence-corrected chi connectivity index (χ3v) is 5.06. The van der Waals surface area contributed by atoms with Gasteiger partial charge >= 0.3 is 5.97 Å². The van der Waals surface area contributed by atoms with Crippen LogP contribution in [0.25, 0.3) is 0 Å². The molecule has 0 saturated heterocycles. The second kappa shape index (κ2) is 19.1. The fourth-order valence-corrected chi connectivity index (χ4v) is 3.39. The summed E-state index contributed by atoms with van der Waals surface area (Å²) < 4.78 is 5.42. The summed E-state index contributed by atoms with van der Waals surface area (Å²) in [7, 11) is 0. The van der Waals surface area contributed by atoms with Crippen molar-refractivity contribution in [2.45, 2.75) is 96.2 Å². The van der Waals surface area contributed by atoms with Gasteiger partial charge < -0.3 is 9.57 Å². The highest BCUT2D eigenvalue weighted by molar-refractivity contribution is 5.69. The molecule has 1 aliphatic rings. The minimum absolute atomic E-state index is 0.304. The van der Waals surface area contributed by atoms with Crippen LogP contribution in [0.4, 0.5) is 0 Å². The van der Waals surface area contributed by atoms with Gasteiger partial charge in [-0.05, 0) is 64.2 Å². The van der Waals surface area contributed by atoms with Crippen LogP contribution in [0.1, 0.15) is 84.0 Å². The smallest absolute Gasteiger partial charge is 0.306 e. The lowest BCUT2D eigenvalue weighted by Crippen LogP contribution is -2.37. The molecule has 178 valence electrons. The molecular formula is C26H39NO5. The number of nitrogens with zero attached hydrogens (tertiary/aromatic N) is 1. The van der Waals surface area contributed by atoms with E-state index >= 15 is 0 Å². The van der Waals surface area contributed by atoms with Crippen LogP contribution in [0, 0.1) is 10.1 Å². The van der Waals surface area contributed by atoms with Crippen molar-refractivity contribution in [2.24, 2.45) is 0 Å². The van der Waals surface area contributed by atoms with E-state index in [9.17, 15) is 14.9 Å². The largest absolute Gasteiger partial charge is 0.460 e. The van der Waals surface area contributed by atoms with Crippen LogP contribution in [-0.4, -0.2) is 23.3 Å². The van der Waals surface area contributed by atoms with E-state index in [1.807, 2.05) is 0 Å². The molecule has 2 atom stereocenters. The van der Waals surface area contributed by atoms with Crippen molar-refractivity contribution in [3.63, 3.8) is 0 Å². The molecule has 6 heteroatoms. The van der Waals surface area contributed by atoms with E-state index in [-0.39, 0.29) is 5.97 Å². The van der Waals surface area contributed by atoms with E-state index in [0.717, 1.165) is 51.4 Å². The number of hydrogen-bond acceptors (Lipinski definition) is 5. The second-order valence-corrected chi connectivity index (χ2v) is 7.78. The number of allylic oxidation sites excluding steroid dienone is 10. The SMILES string of the molecule is CC/C=C\C/C=C\C/C=C\C/C=C\C/C=C\CCCC(=O)OC1CCCCC1O[N+](=O)[O-]. The molecule has 0 radical (unpaired) electrons. The van der Waals surface area contributed by atoms with Gasteiger partial charge in [0.15, 0.2) is 0 Å². The average Bonchev–Trinajstić information content (AvgIpc) is 2.77. The molecule has 1 rings (SSSR count). The van der Waals surface area contributed by atoms with Crippen molar-refractivity contribution in [1.82, 2.24) is 0 Å². The van der Waals surface area contributed by atoms with Crippen LogP contribution in [0.15, 0.2) is 60.8 Å². The van der Waals surface area contributed by atoms with Crippen molar-refractivity contribution in [3.05, 3.63) is 70.9 Å². The molecule has 0 heterocycles. The van der Waals surface area contributed by atoms with Crippen molar-refractivity contribution < 1.29 is 19.5 Å². The highest BCUT2D eigenvalue weighted by Crippen LogP contribution is 2.24. The molecule has 6 nitrogen and oxygen atoms in total. The molecular weight excluding hydrogens is 406 g/mol. The van der Waals surface area contributed by atoms with Crippen LogP contribution >= 0.6 is 0 Å². The molecule has 32 heavy (non-hydrogen) atoms. The fraction of sp³-hybridized carbons (Fsp3) is 0.577. The predicted molar refractivity (Wildman–Crippen MR) is 129 cm³/mol. The first-order chi connectivity index (χ1) is 15.6. The molecule has 0 aromatic rings. The van der Waals surface area contributed by atoms with Gasteiger partial charge in [0.05, 0.1) is 0 Å². The van der Waals surface area contributed by atoms with Gasteiger partial charge in [-0.25, -0.2) is 0 Å². The van der Waals surface area contributed by atoms with Gasteiger partial charge in [-0.1, -0.05) is 74.1 Å². The number of rotatable bonds is 16. The van der Waals surface area contributed by atoms with Crippen LogP contribution in [0.3, 0.4) is 0 Å². The molecule has 0 spiro atoms. The summed E-state index contributed by atoms with van der Waals surface area (Å²) in [5.41, 5.74) is 0. The molecule has 0 N–H and O–H groups in total. The third-order valence-electron chi connectivity index (χ3n) is 5.06. The van der Waals surface area contributed by atoms with Gasteiger partial charge in [0, 0.05) is 6.42 Å². The van der Waals surface area contributed by atoms with Gasteiger partial charge in [-0.3, -0.25) is 4.79 Å². The summed E-state index contributed by atoms with van der Waals surface area (Å²) in [6.07, 6.45) is 30.1. The van der Waals surface area contributed by atoms with E-state index in [4.69, 9.17) is 4.74 Å². The van der Waals surface area contributed by atoms with Crippen molar-refractivity contribution in [1.29, 1.82) is 0 Å². The highest BCUT2D eigenvalue weighted by atomic mass is 17.0. The van der Waals surface area contributed by atoms with Crippen molar-refractivity contribution in [3.8, 4) is 0 Å². The summed E-state index contributed by atoms with van der Waals surface area (Å²) in [6.45, 7) is 2.14. The Labute approximate surface area is 192 Å². The van der Waals surface area contributed by atoms with E-state index in [2.05, 4.69) is 72.5 Å². The Morgan fingerprint density at radius 1 is 0.844 bits per heavy atom. The Bertz CT molecular complexity index is 663. The lowest BCUT2D eigenvalue weighted by atomic mass is 9.95. The topological polar surface area (TPSA) is 78.7 Å². The first-order valence-electron chi connectivity index (χ1n) is 11.9. The zero-order valence-corrected chi connectivity index (χ0v) is 19.4. The van der Waals surface area contributed by atoms with Gasteiger partial charge in [0.2, 0.25) is 0 Å². The summed E-state index contributed by atoms with van der Waals surface area (Å²) in [5.74, 6) is -0.304. The van der Waals surface area contributed by atoms with Crippen molar-refractivity contribution >= 4 is 5.97 Å². The molecule has 1 aliphatic carbocycles. The monoisotopic (exact) mass is 445 g/mol. The summed E-state index contributed by atoms with van der Waals surface area (Å²) >= 11 is 0. The molecule has 0 aliphatic heterocycles. The van der Waals surface area contributed by atoms with E-state index in [1.165, 1.54) is 0 Å².